The summed E-state index contributed by atoms with van der Waals surface area (Å²) in [6, 6.07) is 1.87. The number of carbonyl (C=O) groups is 2. The Kier molecular flexibility index (Phi) is 4.24. The lowest BCUT2D eigenvalue weighted by molar-refractivity contribution is -0.154. The Labute approximate surface area is 99.4 Å². The summed E-state index contributed by atoms with van der Waals surface area (Å²) in [4.78, 5) is 22.8. The molecule has 0 aliphatic heterocycles. The van der Waals surface area contributed by atoms with E-state index in [1.807, 2.05) is 32.2 Å². The van der Waals surface area contributed by atoms with Gasteiger partial charge in [-0.15, -0.1) is 11.3 Å². The van der Waals surface area contributed by atoms with Crippen molar-refractivity contribution in [2.45, 2.75) is 39.2 Å². The first-order valence-electron chi connectivity index (χ1n) is 5.16. The molecule has 1 aromatic rings. The number of carbonyl (C=O) groups excluding carboxylic acids is 2. The number of aldehydes is 1. The molecule has 0 aliphatic carbocycles. The molecule has 88 valence electrons. The minimum absolute atomic E-state index is 0.226. The fourth-order valence-electron chi connectivity index (χ4n) is 1.29. The first kappa shape index (κ1) is 12.9. The normalized spacial score (nSPS) is 11.2. The summed E-state index contributed by atoms with van der Waals surface area (Å²) in [7, 11) is 0. The topological polar surface area (TPSA) is 43.4 Å². The summed E-state index contributed by atoms with van der Waals surface area (Å²) < 4.78 is 5.19. The van der Waals surface area contributed by atoms with Crippen molar-refractivity contribution < 1.29 is 14.3 Å². The van der Waals surface area contributed by atoms with E-state index >= 15 is 0 Å². The van der Waals surface area contributed by atoms with E-state index in [4.69, 9.17) is 4.74 Å². The van der Waals surface area contributed by atoms with Crippen molar-refractivity contribution in [2.75, 3.05) is 0 Å². The van der Waals surface area contributed by atoms with E-state index in [0.29, 0.717) is 17.7 Å². The number of hydrogen-bond acceptors (Lipinski definition) is 4. The maximum absolute atomic E-state index is 11.4. The molecule has 0 aliphatic rings. The van der Waals surface area contributed by atoms with Crippen LogP contribution in [0.3, 0.4) is 0 Å². The molecule has 3 nitrogen and oxygen atoms in total. The fraction of sp³-hybridized carbons (Fsp3) is 0.500. The van der Waals surface area contributed by atoms with Crippen LogP contribution in [0.1, 0.15) is 42.4 Å². The average Bonchev–Trinajstić information content (AvgIpc) is 2.59. The molecule has 0 N–H and O–H groups in total. The molecule has 0 spiro atoms. The molecular weight excluding hydrogens is 224 g/mol. The molecule has 16 heavy (non-hydrogen) atoms. The molecule has 0 fully saturated rings. The van der Waals surface area contributed by atoms with Gasteiger partial charge in [0, 0.05) is 6.42 Å². The van der Waals surface area contributed by atoms with Crippen LogP contribution in [0, 0.1) is 0 Å². The van der Waals surface area contributed by atoms with Gasteiger partial charge < -0.3 is 4.74 Å². The van der Waals surface area contributed by atoms with Crippen LogP contribution in [0.4, 0.5) is 0 Å². The van der Waals surface area contributed by atoms with E-state index in [1.54, 1.807) is 0 Å². The largest absolute Gasteiger partial charge is 0.460 e. The smallest absolute Gasteiger partial charge is 0.306 e. The predicted molar refractivity (Wildman–Crippen MR) is 63.9 cm³/mol. The second-order valence-corrected chi connectivity index (χ2v) is 5.46. The van der Waals surface area contributed by atoms with Gasteiger partial charge in [-0.05, 0) is 44.2 Å². The van der Waals surface area contributed by atoms with Crippen molar-refractivity contribution in [3.8, 4) is 0 Å². The maximum Gasteiger partial charge on any atom is 0.306 e. The number of rotatable bonds is 4. The highest BCUT2D eigenvalue weighted by Gasteiger charge is 2.16. The summed E-state index contributed by atoms with van der Waals surface area (Å²) in [5.41, 5.74) is 0.477. The predicted octanol–water partition coefficient (Wildman–Crippen LogP) is 2.83. The quantitative estimate of drug-likeness (QED) is 0.600. The molecule has 4 heteroatoms. The Bertz CT molecular complexity index is 374. The van der Waals surface area contributed by atoms with Crippen molar-refractivity contribution >= 4 is 23.6 Å². The molecule has 1 aromatic heterocycles. The number of hydrogen-bond donors (Lipinski definition) is 0. The highest BCUT2D eigenvalue weighted by Crippen LogP contribution is 2.17. The van der Waals surface area contributed by atoms with Crippen LogP contribution in [0.15, 0.2) is 11.4 Å². The Hall–Kier alpha value is -1.16. The minimum Gasteiger partial charge on any atom is -0.460 e. The maximum atomic E-state index is 11.4. The van der Waals surface area contributed by atoms with Gasteiger partial charge in [0.25, 0.3) is 0 Å². The lowest BCUT2D eigenvalue weighted by Gasteiger charge is -2.19. The second-order valence-electron chi connectivity index (χ2n) is 4.51. The van der Waals surface area contributed by atoms with E-state index in [2.05, 4.69) is 0 Å². The Morgan fingerprint density at radius 2 is 2.19 bits per heavy atom. The van der Waals surface area contributed by atoms with E-state index in [1.165, 1.54) is 11.3 Å². The third kappa shape index (κ3) is 4.14. The highest BCUT2D eigenvalue weighted by atomic mass is 32.1. The molecule has 0 atom stereocenters. The van der Waals surface area contributed by atoms with Crippen LogP contribution in [0.5, 0.6) is 0 Å². The van der Waals surface area contributed by atoms with Crippen LogP contribution in [0.25, 0.3) is 0 Å². The van der Waals surface area contributed by atoms with Gasteiger partial charge in [-0.2, -0.15) is 0 Å². The van der Waals surface area contributed by atoms with Gasteiger partial charge in [0.1, 0.15) is 5.60 Å². The van der Waals surface area contributed by atoms with Crippen LogP contribution >= 0.6 is 11.3 Å². The van der Waals surface area contributed by atoms with Gasteiger partial charge in [-0.3, -0.25) is 9.59 Å². The first-order chi connectivity index (χ1) is 7.42. The summed E-state index contributed by atoms with van der Waals surface area (Å²) in [6.07, 6.45) is 1.70. The molecule has 0 radical (unpaired) electrons. The van der Waals surface area contributed by atoms with Crippen LogP contribution < -0.4 is 0 Å². The van der Waals surface area contributed by atoms with E-state index in [9.17, 15) is 9.59 Å². The Morgan fingerprint density at radius 3 is 2.75 bits per heavy atom. The fourth-order valence-corrected chi connectivity index (χ4v) is 2.04. The van der Waals surface area contributed by atoms with Crippen molar-refractivity contribution in [3.63, 3.8) is 0 Å². The number of thiophene rings is 1. The monoisotopic (exact) mass is 240 g/mol. The van der Waals surface area contributed by atoms with Gasteiger partial charge in [-0.1, -0.05) is 0 Å². The number of aryl methyl sites for hydroxylation is 1. The Balaban J connectivity index is 2.46. The third-order valence-electron chi connectivity index (χ3n) is 1.91. The van der Waals surface area contributed by atoms with Crippen LogP contribution in [-0.4, -0.2) is 17.9 Å². The summed E-state index contributed by atoms with van der Waals surface area (Å²) >= 11 is 1.39. The molecule has 0 saturated heterocycles. The summed E-state index contributed by atoms with van der Waals surface area (Å²) in [5.74, 6) is -0.226. The lowest BCUT2D eigenvalue weighted by atomic mass is 10.1. The molecule has 1 rings (SSSR count). The molecular formula is C12H16O3S. The van der Waals surface area contributed by atoms with E-state index in [0.717, 1.165) is 11.8 Å². The molecule has 0 aromatic carbocycles. The summed E-state index contributed by atoms with van der Waals surface area (Å²) in [5, 5.41) is 1.86. The summed E-state index contributed by atoms with van der Waals surface area (Å²) in [6.45, 7) is 5.52. The zero-order chi connectivity index (χ0) is 12.2. The van der Waals surface area contributed by atoms with Crippen LogP contribution in [0.2, 0.25) is 0 Å². The molecule has 1 heterocycles. The highest BCUT2D eigenvalue weighted by molar-refractivity contribution is 7.11. The Morgan fingerprint density at radius 1 is 1.50 bits per heavy atom. The molecule has 0 unspecified atom stereocenters. The minimum atomic E-state index is -0.445. The lowest BCUT2D eigenvalue weighted by Crippen LogP contribution is -2.24. The van der Waals surface area contributed by atoms with Gasteiger partial charge in [0.2, 0.25) is 0 Å². The van der Waals surface area contributed by atoms with E-state index < -0.39 is 5.60 Å². The van der Waals surface area contributed by atoms with E-state index in [-0.39, 0.29) is 5.97 Å². The number of ether oxygens (including phenoxy) is 1. The van der Waals surface area contributed by atoms with Crippen molar-refractivity contribution in [1.82, 2.24) is 0 Å². The van der Waals surface area contributed by atoms with Gasteiger partial charge in [0.05, 0.1) is 4.88 Å². The SMILES string of the molecule is CC(C)(C)OC(=O)CCc1ccsc1C=O. The van der Waals surface area contributed by atoms with Crippen LogP contribution in [-0.2, 0) is 16.0 Å². The second kappa shape index (κ2) is 5.25. The molecule has 0 saturated carbocycles. The van der Waals surface area contributed by atoms with Crippen molar-refractivity contribution in [2.24, 2.45) is 0 Å². The first-order valence-corrected chi connectivity index (χ1v) is 6.04. The molecule has 0 bridgehead atoms. The molecule has 0 amide bonds. The zero-order valence-corrected chi connectivity index (χ0v) is 10.6. The third-order valence-corrected chi connectivity index (χ3v) is 2.79. The average molecular weight is 240 g/mol. The van der Waals surface area contributed by atoms with Gasteiger partial charge >= 0.3 is 5.97 Å². The standard InChI is InChI=1S/C12H16O3S/c1-12(2,3)15-11(14)5-4-9-6-7-16-10(9)8-13/h6-8H,4-5H2,1-3H3. The van der Waals surface area contributed by atoms with Crippen molar-refractivity contribution in [1.29, 1.82) is 0 Å². The van der Waals surface area contributed by atoms with Gasteiger partial charge in [-0.25, -0.2) is 0 Å². The number of esters is 1. The zero-order valence-electron chi connectivity index (χ0n) is 9.78. The van der Waals surface area contributed by atoms with Crippen molar-refractivity contribution in [3.05, 3.63) is 21.9 Å². The van der Waals surface area contributed by atoms with Gasteiger partial charge in [0.15, 0.2) is 6.29 Å².